The first-order valence-corrected chi connectivity index (χ1v) is 0. The third-order valence-electron chi connectivity index (χ3n) is 0. The summed E-state index contributed by atoms with van der Waals surface area (Å²) in [4.78, 5) is 0. The van der Waals surface area contributed by atoms with E-state index in [0.29, 0.717) is 0 Å². The quantitative estimate of drug-likeness (QED) is 0.375. The molecule has 0 bridgehead atoms. The van der Waals surface area contributed by atoms with Gasteiger partial charge in [0.05, 0.1) is 0 Å². The first kappa shape index (κ1) is 84.5. The predicted molar refractivity (Wildman–Crippen MR) is 7.23 cm³/mol. The van der Waals surface area contributed by atoms with E-state index in [1.807, 2.05) is 0 Å². The average molecular weight is 155 g/mol. The number of rotatable bonds is 0. The van der Waals surface area contributed by atoms with Crippen LogP contribution in [0.5, 0.6) is 0 Å². The van der Waals surface area contributed by atoms with Gasteiger partial charge in [-0.1, -0.05) is 0 Å². The van der Waals surface area contributed by atoms with Gasteiger partial charge in [0.15, 0.2) is 0 Å². The van der Waals surface area contributed by atoms with E-state index in [9.17, 15) is 0 Å². The zero-order valence-electron chi connectivity index (χ0n) is 1.68. The van der Waals surface area contributed by atoms with Crippen molar-refractivity contribution >= 4 is 0 Å². The molecule has 0 saturated carbocycles. The van der Waals surface area contributed by atoms with Crippen molar-refractivity contribution in [3.63, 3.8) is 0 Å². The van der Waals surface area contributed by atoms with Gasteiger partial charge in [-0.25, -0.2) is 0 Å². The maximum absolute atomic E-state index is 0. The summed E-state index contributed by atoms with van der Waals surface area (Å²) in [5.74, 6) is 0. The fourth-order valence-corrected chi connectivity index (χ4v) is 0. The number of hydrogen-bond donors (Lipinski definition) is 0. The van der Waals surface area contributed by atoms with Gasteiger partial charge in [0.1, 0.15) is 0 Å². The van der Waals surface area contributed by atoms with Gasteiger partial charge in [-0.15, -0.1) is 0 Å². The van der Waals surface area contributed by atoms with Gasteiger partial charge in [-0.05, 0) is 0 Å². The summed E-state index contributed by atoms with van der Waals surface area (Å²) in [6.07, 6.45) is 0. The van der Waals surface area contributed by atoms with E-state index >= 15 is 0 Å². The van der Waals surface area contributed by atoms with Crippen LogP contribution < -0.4 is 0 Å². The van der Waals surface area contributed by atoms with Crippen LogP contribution in [0.25, 0.3) is 0 Å². The second-order valence-electron chi connectivity index (χ2n) is 0. The normalized spacial score (nSPS) is 0. The molecule has 4 N–H and O–H groups in total. The molecule has 0 saturated heterocycles. The maximum atomic E-state index is 0. The second kappa shape index (κ2) is 37.7. The molecule has 0 spiro atoms. The van der Waals surface area contributed by atoms with Crippen molar-refractivity contribution in [3.05, 3.63) is 0 Å². The minimum atomic E-state index is 0. The fraction of sp³-hybridized carbons (Fsp3) is 0. The molecule has 0 heterocycles. The van der Waals surface area contributed by atoms with Gasteiger partial charge < -0.3 is 11.0 Å². The average Bonchev–Trinajstić information content (AvgIpc) is 0. The molecular formula is H4CuMnO2. The van der Waals surface area contributed by atoms with Crippen LogP contribution in [0.2, 0.25) is 0 Å². The van der Waals surface area contributed by atoms with E-state index in [4.69, 9.17) is 0 Å². The Morgan fingerprint density at radius 3 is 0.750 bits per heavy atom. The zero-order chi connectivity index (χ0) is 0. The van der Waals surface area contributed by atoms with Crippen molar-refractivity contribution in [2.24, 2.45) is 0 Å². The molecule has 0 aromatic carbocycles. The Labute approximate surface area is 45.5 Å². The molecule has 4 heavy (non-hydrogen) atoms. The molecule has 2 nitrogen and oxygen atoms in total. The van der Waals surface area contributed by atoms with Crippen molar-refractivity contribution in [1.82, 2.24) is 0 Å². The van der Waals surface area contributed by atoms with Crippen molar-refractivity contribution in [1.29, 1.82) is 0 Å². The molecule has 0 aliphatic rings. The van der Waals surface area contributed by atoms with Crippen LogP contribution in [0.1, 0.15) is 0 Å². The summed E-state index contributed by atoms with van der Waals surface area (Å²) in [5, 5.41) is 0. The topological polar surface area (TPSA) is 63.0 Å². The first-order chi connectivity index (χ1) is 0. The van der Waals surface area contributed by atoms with E-state index in [1.54, 1.807) is 0 Å². The molecule has 0 unspecified atom stereocenters. The smallest absolute Gasteiger partial charge is 0 e. The van der Waals surface area contributed by atoms with Gasteiger partial charge in [0, 0.05) is 34.1 Å². The maximum Gasteiger partial charge on any atom is 0 e. The minimum Gasteiger partial charge on any atom is -0.412 e. The summed E-state index contributed by atoms with van der Waals surface area (Å²) in [6, 6.07) is 0. The summed E-state index contributed by atoms with van der Waals surface area (Å²) in [5.41, 5.74) is 0. The molecule has 4 heteroatoms. The predicted octanol–water partition coefficient (Wildman–Crippen LogP) is -1.65. The van der Waals surface area contributed by atoms with Crippen LogP contribution in [-0.2, 0) is 34.1 Å². The summed E-state index contributed by atoms with van der Waals surface area (Å²) < 4.78 is 0. The van der Waals surface area contributed by atoms with Crippen LogP contribution in [0, 0.1) is 0 Å². The molecule has 0 aliphatic heterocycles. The van der Waals surface area contributed by atoms with Crippen LogP contribution in [0.15, 0.2) is 0 Å². The van der Waals surface area contributed by atoms with E-state index < -0.39 is 0 Å². The molecule has 34 valence electrons. The number of hydrogen-bond acceptors (Lipinski definition) is 0. The van der Waals surface area contributed by atoms with Gasteiger partial charge in [-0.2, -0.15) is 0 Å². The van der Waals surface area contributed by atoms with E-state index in [-0.39, 0.29) is 45.1 Å². The fourth-order valence-electron chi connectivity index (χ4n) is 0. The molecule has 0 rings (SSSR count). The second-order valence-corrected chi connectivity index (χ2v) is 0. The molecule has 0 amide bonds. The standard InChI is InChI=1S/Cu.Mn.2H2O/h;;2*1H2. The first-order valence-electron chi connectivity index (χ1n) is 0. The minimum absolute atomic E-state index is 0. The largest absolute Gasteiger partial charge is 0.412 e. The Morgan fingerprint density at radius 2 is 0.750 bits per heavy atom. The molecule has 0 fully saturated rings. The van der Waals surface area contributed by atoms with E-state index in [1.165, 1.54) is 0 Å². The Balaban J connectivity index is 0. The molecule has 0 aliphatic carbocycles. The Hall–Kier alpha value is 0.959. The molecular weight excluding hydrogens is 150 g/mol. The van der Waals surface area contributed by atoms with Gasteiger partial charge in [-0.3, -0.25) is 0 Å². The monoisotopic (exact) mass is 154 g/mol. The van der Waals surface area contributed by atoms with E-state index in [0.717, 1.165) is 0 Å². The zero-order valence-corrected chi connectivity index (χ0v) is 3.80. The third-order valence-corrected chi connectivity index (χ3v) is 0. The molecule has 0 aromatic rings. The van der Waals surface area contributed by atoms with Crippen molar-refractivity contribution < 1.29 is 45.1 Å². The van der Waals surface area contributed by atoms with Crippen LogP contribution >= 0.6 is 0 Å². The summed E-state index contributed by atoms with van der Waals surface area (Å²) in [6.45, 7) is 0. The van der Waals surface area contributed by atoms with E-state index in [2.05, 4.69) is 0 Å². The molecule has 0 atom stereocenters. The van der Waals surface area contributed by atoms with Crippen LogP contribution in [0.3, 0.4) is 0 Å². The van der Waals surface area contributed by atoms with Crippen LogP contribution in [-0.4, -0.2) is 11.0 Å². The Bertz CT molecular complexity index is 6.00. The Morgan fingerprint density at radius 1 is 0.750 bits per heavy atom. The Kier molecular flexibility index (Phi) is 796. The van der Waals surface area contributed by atoms with Gasteiger partial charge in [0.25, 0.3) is 0 Å². The summed E-state index contributed by atoms with van der Waals surface area (Å²) in [7, 11) is 0. The molecule has 2 radical (unpaired) electrons. The third kappa shape index (κ3) is 12.3. The van der Waals surface area contributed by atoms with Crippen LogP contribution in [0.4, 0.5) is 0 Å². The van der Waals surface area contributed by atoms with Gasteiger partial charge in [0.2, 0.25) is 0 Å². The summed E-state index contributed by atoms with van der Waals surface area (Å²) >= 11 is 0. The SMILES string of the molecule is O.O.[Cu].[Mn]. The van der Waals surface area contributed by atoms with Crippen molar-refractivity contribution in [3.8, 4) is 0 Å². The van der Waals surface area contributed by atoms with Crippen molar-refractivity contribution in [2.75, 3.05) is 0 Å². The van der Waals surface area contributed by atoms with Gasteiger partial charge >= 0.3 is 0 Å². The van der Waals surface area contributed by atoms with Crippen molar-refractivity contribution in [2.45, 2.75) is 0 Å². The molecule has 0 aromatic heterocycles.